The van der Waals surface area contributed by atoms with Crippen LogP contribution >= 0.6 is 12.6 Å². The van der Waals surface area contributed by atoms with Crippen molar-refractivity contribution in [2.24, 2.45) is 0 Å². The van der Waals surface area contributed by atoms with Crippen LogP contribution in [0.4, 0.5) is 11.6 Å². The van der Waals surface area contributed by atoms with E-state index in [0.29, 0.717) is 17.7 Å². The second-order valence-corrected chi connectivity index (χ2v) is 21.0. The SMILES string of the molecule is Nc1nc2ncc(CNc3ccc(C(=O)NCCCC(=O)NCC(=O)N[C@@H](CCC(=O)O)C(=O)NCC(=O)N[C@@H](CCC(=O)NC[C@H](O)[C@@H](O)[C@H](O)CCO)C(=O)NCC(=O)N[C@@H](CCC(=O)NC[C@H](O)[C@@H](O)[C@H](O)CCO)C(=O)N[C@H](C=O)CS)cc3)nc2c(=O)[nH]1. The van der Waals surface area contributed by atoms with Crippen molar-refractivity contribution in [2.75, 3.05) is 69.3 Å². The van der Waals surface area contributed by atoms with Crippen LogP contribution in [0, 0.1) is 0 Å². The van der Waals surface area contributed by atoms with Crippen molar-refractivity contribution in [3.8, 4) is 0 Å². The minimum Gasteiger partial charge on any atom is -0.481 e. The number of carbonyl (C=O) groups excluding carboxylic acids is 11. The molecule has 2 heterocycles. The molecule has 93 heavy (non-hydrogen) atoms. The highest BCUT2D eigenvalue weighted by molar-refractivity contribution is 7.80. The van der Waals surface area contributed by atoms with Gasteiger partial charge in [0.25, 0.3) is 11.5 Å². The first kappa shape index (κ1) is 78.2. The summed E-state index contributed by atoms with van der Waals surface area (Å²) < 4.78 is 0. The highest BCUT2D eigenvalue weighted by Gasteiger charge is 2.30. The number of nitrogens with one attached hydrogen (secondary N) is 12. The van der Waals surface area contributed by atoms with Crippen molar-refractivity contribution in [1.29, 1.82) is 0 Å². The topological polar surface area (TPSA) is 617 Å². The summed E-state index contributed by atoms with van der Waals surface area (Å²) in [7, 11) is 0. The maximum Gasteiger partial charge on any atom is 0.303 e. The highest BCUT2D eigenvalue weighted by atomic mass is 32.1. The van der Waals surface area contributed by atoms with Gasteiger partial charge in [-0.3, -0.25) is 62.5 Å². The van der Waals surface area contributed by atoms with Crippen molar-refractivity contribution in [3.05, 3.63) is 52.1 Å². The number of aliphatic hydroxyl groups is 8. The molecule has 0 fully saturated rings. The third-order valence-electron chi connectivity index (χ3n) is 13.3. The third-order valence-corrected chi connectivity index (χ3v) is 13.7. The van der Waals surface area contributed by atoms with Gasteiger partial charge >= 0.3 is 5.97 Å². The average Bonchev–Trinajstić information content (AvgIpc) is 1.04. The van der Waals surface area contributed by atoms with E-state index in [-0.39, 0.29) is 67.2 Å². The van der Waals surface area contributed by atoms with Gasteiger partial charge in [0, 0.05) is 75.5 Å². The number of nitrogens with two attached hydrogens (primary N) is 1. The fourth-order valence-corrected chi connectivity index (χ4v) is 8.31. The second-order valence-electron chi connectivity index (χ2n) is 20.7. The number of rotatable bonds is 44. The van der Waals surface area contributed by atoms with E-state index in [4.69, 9.17) is 15.9 Å². The Balaban J connectivity index is 1.59. The number of carboxylic acids is 1. The number of amides is 10. The summed E-state index contributed by atoms with van der Waals surface area (Å²) in [6.07, 6.45) is -12.4. The molecule has 3 aromatic rings. The molecular weight excluding hydrogens is 1260 g/mol. The van der Waals surface area contributed by atoms with Gasteiger partial charge in [-0.25, -0.2) is 9.97 Å². The quantitative estimate of drug-likeness (QED) is 0.0142. The van der Waals surface area contributed by atoms with Gasteiger partial charge in [-0.1, -0.05) is 0 Å². The number of thiol groups is 1. The number of hydrogen-bond acceptors (Lipinski definition) is 27. The summed E-state index contributed by atoms with van der Waals surface area (Å²) in [6.45, 7) is -4.68. The van der Waals surface area contributed by atoms with Crippen molar-refractivity contribution in [2.45, 2.75) is 132 Å². The van der Waals surface area contributed by atoms with Crippen LogP contribution in [-0.4, -0.2) is 256 Å². The largest absolute Gasteiger partial charge is 0.481 e. The standard InChI is InChI=1S/C54H80N16O22S/c55-54-69-48-45(53(92)70-54)64-29(19-61-48)18-57-28-5-3-27(4-6-28)49(88)56-15-1-2-38(78)60-22-41(81)67-32(9-12-44(84)85)51(90)63-23-42(82)66-31(7-10-39(79)58-20-36(76)46(86)34(74)13-16-71)50(89)62-24-43(83)68-33(52(91)65-30(25-73)26-93)8-11-40(80)59-21-37(77)47(87)35(75)14-17-72/h3-6,19,25,30-37,46-47,57,71-72,74-77,86-87,93H,1-2,7-18,20-24,26H2,(H,56,88)(H,58,79)(H,59,80)(H,60,78)(H,62,89)(H,63,90)(H,65,91)(H,66,82)(H,67,81)(H,68,83)(H,84,85)(H3,55,61,69,70,92)/t30-,31+,32+,33+,34-,35-,36+,37+,46+,47+/m1/s1. The molecule has 1 aromatic carbocycles. The third kappa shape index (κ3) is 29.4. The Morgan fingerprint density at radius 2 is 1.06 bits per heavy atom. The minimum absolute atomic E-state index is 0.00772. The molecule has 0 unspecified atom stereocenters. The monoisotopic (exact) mass is 1340 g/mol. The van der Waals surface area contributed by atoms with Gasteiger partial charge in [0.05, 0.1) is 68.5 Å². The number of aldehydes is 1. The van der Waals surface area contributed by atoms with Crippen LogP contribution in [0.15, 0.2) is 35.3 Å². The zero-order valence-electron chi connectivity index (χ0n) is 50.1. The van der Waals surface area contributed by atoms with Gasteiger partial charge in [0.1, 0.15) is 36.6 Å². The molecule has 0 saturated carbocycles. The number of nitrogen functional groups attached to an aromatic ring is 1. The molecular formula is C54H80N16O22S. The summed E-state index contributed by atoms with van der Waals surface area (Å²) in [5.41, 5.74) is 6.41. The molecule has 0 aliphatic heterocycles. The lowest BCUT2D eigenvalue weighted by atomic mass is 10.1. The number of hydrogen-bond donors (Lipinski definition) is 23. The molecule has 514 valence electrons. The number of aliphatic hydroxyl groups excluding tert-OH is 8. The number of nitrogens with zero attached hydrogens (tertiary/aromatic N) is 3. The fraction of sp³-hybridized carbons (Fsp3) is 0.556. The van der Waals surface area contributed by atoms with Gasteiger partial charge in [0.15, 0.2) is 11.2 Å². The number of aromatic nitrogens is 4. The number of carboxylic acid groups (broad SMARTS) is 1. The number of benzene rings is 1. The van der Waals surface area contributed by atoms with Crippen LogP contribution in [-0.2, 0) is 59.3 Å². The molecule has 0 aliphatic rings. The average molecular weight is 1340 g/mol. The van der Waals surface area contributed by atoms with Gasteiger partial charge in [-0.2, -0.15) is 17.6 Å². The molecule has 3 rings (SSSR count). The number of aliphatic carboxylic acids is 1. The molecule has 0 bridgehead atoms. The summed E-state index contributed by atoms with van der Waals surface area (Å²) in [6, 6.07) is 0.233. The number of fused-ring (bicyclic) bond motifs is 1. The Labute approximate surface area is 534 Å². The van der Waals surface area contributed by atoms with E-state index in [9.17, 15) is 98.1 Å². The minimum atomic E-state index is -1.80. The Bertz CT molecular complexity index is 3080. The molecule has 2 aromatic heterocycles. The van der Waals surface area contributed by atoms with Crippen LogP contribution < -0.4 is 69.8 Å². The molecule has 23 N–H and O–H groups in total. The molecule has 0 aliphatic carbocycles. The zero-order chi connectivity index (χ0) is 69.2. The maximum absolute atomic E-state index is 13.6. The Morgan fingerprint density at radius 3 is 1.55 bits per heavy atom. The molecule has 38 nitrogen and oxygen atoms in total. The summed E-state index contributed by atoms with van der Waals surface area (Å²) in [5.74, 6) is -10.9. The lowest BCUT2D eigenvalue weighted by molar-refractivity contribution is -0.138. The van der Waals surface area contributed by atoms with E-state index < -0.39 is 216 Å². The van der Waals surface area contributed by atoms with Gasteiger partial charge < -0.3 is 115 Å². The van der Waals surface area contributed by atoms with Crippen LogP contribution in [0.1, 0.15) is 80.3 Å². The van der Waals surface area contributed by atoms with Crippen molar-refractivity contribution >= 4 is 107 Å². The Hall–Kier alpha value is -9.09. The summed E-state index contributed by atoms with van der Waals surface area (Å²) in [5, 5.41) is 114. The predicted molar refractivity (Wildman–Crippen MR) is 325 cm³/mol. The number of H-pyrrole nitrogens is 1. The van der Waals surface area contributed by atoms with Crippen LogP contribution in [0.5, 0.6) is 0 Å². The van der Waals surface area contributed by atoms with Gasteiger partial charge in [0.2, 0.25) is 59.1 Å². The van der Waals surface area contributed by atoms with Crippen molar-refractivity contribution in [3.63, 3.8) is 0 Å². The van der Waals surface area contributed by atoms with E-state index in [2.05, 4.69) is 91.0 Å². The maximum atomic E-state index is 13.6. The molecule has 10 amide bonds. The first-order chi connectivity index (χ1) is 44.2. The zero-order valence-corrected chi connectivity index (χ0v) is 51.0. The van der Waals surface area contributed by atoms with Gasteiger partial charge in [-0.05, 0) is 62.8 Å². The first-order valence-corrected chi connectivity index (χ1v) is 29.6. The molecule has 39 heteroatoms. The van der Waals surface area contributed by atoms with E-state index >= 15 is 0 Å². The normalized spacial score (nSPS) is 14.3. The van der Waals surface area contributed by atoms with E-state index in [0.717, 1.165) is 0 Å². The Kier molecular flexibility index (Phi) is 34.8. The van der Waals surface area contributed by atoms with Crippen molar-refractivity contribution in [1.82, 2.24) is 73.1 Å². The smallest absolute Gasteiger partial charge is 0.303 e. The molecule has 10 atom stereocenters. The summed E-state index contributed by atoms with van der Waals surface area (Å²) in [4.78, 5) is 180. The van der Waals surface area contributed by atoms with Crippen LogP contribution in [0.25, 0.3) is 11.2 Å². The number of aromatic amines is 1. The molecule has 0 radical (unpaired) electrons. The second kappa shape index (κ2) is 41.4. The van der Waals surface area contributed by atoms with Crippen LogP contribution in [0.3, 0.4) is 0 Å². The lowest BCUT2D eigenvalue weighted by Crippen LogP contribution is -2.55. The lowest BCUT2D eigenvalue weighted by Gasteiger charge is -2.23. The van der Waals surface area contributed by atoms with Crippen LogP contribution in [0.2, 0.25) is 0 Å². The number of anilines is 2. The van der Waals surface area contributed by atoms with Gasteiger partial charge in [-0.15, -0.1) is 0 Å². The fourth-order valence-electron chi connectivity index (χ4n) is 8.13. The Morgan fingerprint density at radius 1 is 0.581 bits per heavy atom. The molecule has 0 spiro atoms. The molecule has 0 saturated heterocycles. The first-order valence-electron chi connectivity index (χ1n) is 28.9. The number of carbonyl (C=O) groups is 12. The van der Waals surface area contributed by atoms with Crippen molar-refractivity contribution < 1.29 is 103 Å². The van der Waals surface area contributed by atoms with E-state index in [1.54, 1.807) is 12.1 Å². The van der Waals surface area contributed by atoms with E-state index in [1.165, 1.54) is 18.3 Å². The van der Waals surface area contributed by atoms with E-state index in [1.807, 2.05) is 0 Å². The highest BCUT2D eigenvalue weighted by Crippen LogP contribution is 2.13. The summed E-state index contributed by atoms with van der Waals surface area (Å²) >= 11 is 3.97. The predicted octanol–water partition coefficient (Wildman–Crippen LogP) is -9.58.